The molecule has 3 aromatic rings. The standard InChI is InChI=1S/C21H16FNO3/c22-16-3-1-2-15(12-16)21(14-6-9-23-10-7-14)26-17-4-5-18-19(24)8-11-25-20(18)13-17/h1-7,9-10,12-13,21H,8,11H2. The maximum atomic E-state index is 13.7. The van der Waals surface area contributed by atoms with Gasteiger partial charge in [0.1, 0.15) is 23.4 Å². The number of nitrogens with zero attached hydrogens (tertiary/aromatic N) is 1. The number of benzene rings is 2. The average Bonchev–Trinajstić information content (AvgIpc) is 2.67. The minimum absolute atomic E-state index is 0.0635. The van der Waals surface area contributed by atoms with Crippen molar-refractivity contribution in [2.75, 3.05) is 6.61 Å². The number of pyridine rings is 1. The summed E-state index contributed by atoms with van der Waals surface area (Å²) in [4.78, 5) is 16.0. The van der Waals surface area contributed by atoms with Gasteiger partial charge in [-0.25, -0.2) is 4.39 Å². The molecule has 0 saturated carbocycles. The summed E-state index contributed by atoms with van der Waals surface area (Å²) < 4.78 is 25.5. The lowest BCUT2D eigenvalue weighted by Gasteiger charge is -2.22. The zero-order chi connectivity index (χ0) is 17.9. The van der Waals surface area contributed by atoms with E-state index in [2.05, 4.69) is 4.98 Å². The minimum atomic E-state index is -0.508. The van der Waals surface area contributed by atoms with Gasteiger partial charge in [0.2, 0.25) is 0 Å². The third kappa shape index (κ3) is 3.28. The van der Waals surface area contributed by atoms with Crippen LogP contribution in [0.5, 0.6) is 11.5 Å². The van der Waals surface area contributed by atoms with Crippen molar-refractivity contribution in [3.05, 3.63) is 89.5 Å². The number of halogens is 1. The SMILES string of the molecule is O=C1CCOc2cc(OC(c3ccncc3)c3cccc(F)c3)ccc21. The van der Waals surface area contributed by atoms with Gasteiger partial charge in [0, 0.05) is 24.9 Å². The van der Waals surface area contributed by atoms with Crippen molar-refractivity contribution >= 4 is 5.78 Å². The summed E-state index contributed by atoms with van der Waals surface area (Å²) in [6, 6.07) is 15.1. The van der Waals surface area contributed by atoms with Gasteiger partial charge < -0.3 is 9.47 Å². The van der Waals surface area contributed by atoms with Crippen molar-refractivity contribution < 1.29 is 18.7 Å². The molecule has 0 fully saturated rings. The number of ketones is 1. The Morgan fingerprint density at radius 1 is 1.04 bits per heavy atom. The van der Waals surface area contributed by atoms with E-state index in [0.717, 1.165) is 5.56 Å². The smallest absolute Gasteiger partial charge is 0.169 e. The molecule has 0 N–H and O–H groups in total. The van der Waals surface area contributed by atoms with Gasteiger partial charge in [0.15, 0.2) is 5.78 Å². The molecule has 0 saturated heterocycles. The van der Waals surface area contributed by atoms with E-state index in [1.54, 1.807) is 36.7 Å². The van der Waals surface area contributed by atoms with Crippen LogP contribution >= 0.6 is 0 Å². The molecule has 1 unspecified atom stereocenters. The van der Waals surface area contributed by atoms with Crippen molar-refractivity contribution in [3.63, 3.8) is 0 Å². The number of aromatic nitrogens is 1. The second kappa shape index (κ2) is 6.96. The fourth-order valence-corrected chi connectivity index (χ4v) is 2.99. The van der Waals surface area contributed by atoms with Crippen LogP contribution in [0.1, 0.15) is 34.0 Å². The van der Waals surface area contributed by atoms with Crippen molar-refractivity contribution in [1.29, 1.82) is 0 Å². The van der Waals surface area contributed by atoms with E-state index < -0.39 is 6.10 Å². The first-order chi connectivity index (χ1) is 12.7. The quantitative estimate of drug-likeness (QED) is 0.702. The second-order valence-corrected chi connectivity index (χ2v) is 6.01. The van der Waals surface area contributed by atoms with Gasteiger partial charge in [-0.1, -0.05) is 12.1 Å². The van der Waals surface area contributed by atoms with Crippen LogP contribution in [0.3, 0.4) is 0 Å². The number of rotatable bonds is 4. The van der Waals surface area contributed by atoms with Crippen LogP contribution in [0.15, 0.2) is 67.0 Å². The van der Waals surface area contributed by atoms with Crippen LogP contribution < -0.4 is 9.47 Å². The molecule has 4 rings (SSSR count). The van der Waals surface area contributed by atoms with Gasteiger partial charge in [-0.2, -0.15) is 0 Å². The van der Waals surface area contributed by atoms with Gasteiger partial charge in [-0.05, 0) is 47.5 Å². The number of carbonyl (C=O) groups excluding carboxylic acids is 1. The molecule has 1 aliphatic rings. The molecule has 0 radical (unpaired) electrons. The molecule has 2 aromatic carbocycles. The molecule has 26 heavy (non-hydrogen) atoms. The molecule has 4 nitrogen and oxygen atoms in total. The Balaban J connectivity index is 1.70. The molecule has 2 heterocycles. The third-order valence-corrected chi connectivity index (χ3v) is 4.25. The van der Waals surface area contributed by atoms with Gasteiger partial charge >= 0.3 is 0 Å². The number of carbonyl (C=O) groups is 1. The molecule has 5 heteroatoms. The Morgan fingerprint density at radius 3 is 2.69 bits per heavy atom. The first kappa shape index (κ1) is 16.3. The first-order valence-corrected chi connectivity index (χ1v) is 8.33. The zero-order valence-corrected chi connectivity index (χ0v) is 13.9. The Hall–Kier alpha value is -3.21. The topological polar surface area (TPSA) is 48.4 Å². The van der Waals surface area contributed by atoms with E-state index in [1.807, 2.05) is 18.2 Å². The Morgan fingerprint density at radius 2 is 1.88 bits per heavy atom. The number of ether oxygens (including phenoxy) is 2. The van der Waals surface area contributed by atoms with Gasteiger partial charge in [0.05, 0.1) is 12.2 Å². The molecule has 0 aliphatic carbocycles. The summed E-state index contributed by atoms with van der Waals surface area (Å²) in [5, 5.41) is 0. The lowest BCUT2D eigenvalue weighted by molar-refractivity contribution is 0.0933. The molecule has 0 bridgehead atoms. The Kier molecular flexibility index (Phi) is 4.35. The molecular formula is C21H16FNO3. The zero-order valence-electron chi connectivity index (χ0n) is 13.9. The molecule has 130 valence electrons. The third-order valence-electron chi connectivity index (χ3n) is 4.25. The highest BCUT2D eigenvalue weighted by Gasteiger charge is 2.21. The first-order valence-electron chi connectivity index (χ1n) is 8.33. The Bertz CT molecular complexity index is 943. The number of Topliss-reactive ketones (excluding diaryl/α,β-unsaturated/α-hetero) is 1. The van der Waals surface area contributed by atoms with E-state index in [4.69, 9.17) is 9.47 Å². The van der Waals surface area contributed by atoms with E-state index in [9.17, 15) is 9.18 Å². The van der Waals surface area contributed by atoms with E-state index >= 15 is 0 Å². The van der Waals surface area contributed by atoms with Crippen molar-refractivity contribution in [2.45, 2.75) is 12.5 Å². The van der Waals surface area contributed by atoms with Gasteiger partial charge in [-0.15, -0.1) is 0 Å². The van der Waals surface area contributed by atoms with E-state index in [1.165, 1.54) is 12.1 Å². The summed E-state index contributed by atoms with van der Waals surface area (Å²) >= 11 is 0. The lowest BCUT2D eigenvalue weighted by atomic mass is 10.0. The fraction of sp³-hybridized carbons (Fsp3) is 0.143. The lowest BCUT2D eigenvalue weighted by Crippen LogP contribution is -2.15. The van der Waals surface area contributed by atoms with Crippen molar-refractivity contribution in [3.8, 4) is 11.5 Å². The van der Waals surface area contributed by atoms with Crippen LogP contribution in [-0.2, 0) is 0 Å². The van der Waals surface area contributed by atoms with Gasteiger partial charge in [0.25, 0.3) is 0 Å². The van der Waals surface area contributed by atoms with Gasteiger partial charge in [-0.3, -0.25) is 9.78 Å². The predicted molar refractivity (Wildman–Crippen MR) is 94.0 cm³/mol. The van der Waals surface area contributed by atoms with Crippen LogP contribution in [0, 0.1) is 5.82 Å². The molecular weight excluding hydrogens is 333 g/mol. The summed E-state index contributed by atoms with van der Waals surface area (Å²) in [7, 11) is 0. The number of fused-ring (bicyclic) bond motifs is 1. The highest BCUT2D eigenvalue weighted by molar-refractivity contribution is 5.99. The summed E-state index contributed by atoms with van der Waals surface area (Å²) in [6.07, 6.45) is 3.21. The predicted octanol–water partition coefficient (Wildman–Crippen LogP) is 4.35. The van der Waals surface area contributed by atoms with E-state index in [-0.39, 0.29) is 11.6 Å². The van der Waals surface area contributed by atoms with Crippen molar-refractivity contribution in [1.82, 2.24) is 4.98 Å². The Labute approximate surface area is 150 Å². The normalized spacial score (nSPS) is 14.3. The maximum absolute atomic E-state index is 13.7. The highest BCUT2D eigenvalue weighted by Crippen LogP contribution is 2.33. The average molecular weight is 349 g/mol. The van der Waals surface area contributed by atoms with Crippen LogP contribution in [-0.4, -0.2) is 17.4 Å². The van der Waals surface area contributed by atoms with Crippen LogP contribution in [0.25, 0.3) is 0 Å². The summed E-state index contributed by atoms with van der Waals surface area (Å²) in [6.45, 7) is 0.368. The number of hydrogen-bond donors (Lipinski definition) is 0. The molecule has 0 amide bonds. The second-order valence-electron chi connectivity index (χ2n) is 6.01. The molecule has 1 aliphatic heterocycles. The highest BCUT2D eigenvalue weighted by atomic mass is 19.1. The van der Waals surface area contributed by atoms with Crippen LogP contribution in [0.4, 0.5) is 4.39 Å². The minimum Gasteiger partial charge on any atom is -0.492 e. The maximum Gasteiger partial charge on any atom is 0.169 e. The largest absolute Gasteiger partial charge is 0.492 e. The molecule has 1 atom stereocenters. The molecule has 1 aromatic heterocycles. The fourth-order valence-electron chi connectivity index (χ4n) is 2.99. The molecule has 0 spiro atoms. The monoisotopic (exact) mass is 349 g/mol. The summed E-state index contributed by atoms with van der Waals surface area (Å²) in [5.41, 5.74) is 2.10. The van der Waals surface area contributed by atoms with E-state index in [0.29, 0.717) is 35.7 Å². The van der Waals surface area contributed by atoms with Crippen molar-refractivity contribution in [2.24, 2.45) is 0 Å². The summed E-state index contributed by atoms with van der Waals surface area (Å²) in [5.74, 6) is 0.800. The number of hydrogen-bond acceptors (Lipinski definition) is 4. The van der Waals surface area contributed by atoms with Crippen LogP contribution in [0.2, 0.25) is 0 Å².